The molecule has 3 rings (SSSR count). The lowest BCUT2D eigenvalue weighted by atomic mass is 10.2. The molecule has 0 amide bonds. The fourth-order valence-corrected chi connectivity index (χ4v) is 3.19. The summed E-state index contributed by atoms with van der Waals surface area (Å²) in [6.07, 6.45) is 0. The second kappa shape index (κ2) is 6.95. The largest absolute Gasteiger partial charge is 0.495 e. The Hall–Kier alpha value is -2.49. The van der Waals surface area contributed by atoms with Crippen molar-refractivity contribution in [1.29, 1.82) is 5.26 Å². The monoisotopic (exact) mass is 357 g/mol. The topological polar surface area (TPSA) is 67.9 Å². The number of fused-ring (bicyclic) bond motifs is 1. The van der Waals surface area contributed by atoms with Gasteiger partial charge in [-0.1, -0.05) is 35.5 Å². The molecule has 0 bridgehead atoms. The molecule has 7 heteroatoms. The van der Waals surface area contributed by atoms with Crippen molar-refractivity contribution in [2.24, 2.45) is 0 Å². The Labute approximate surface area is 147 Å². The van der Waals surface area contributed by atoms with Gasteiger partial charge in [-0.3, -0.25) is 9.36 Å². The van der Waals surface area contributed by atoms with Gasteiger partial charge in [0, 0.05) is 5.02 Å². The molecule has 120 valence electrons. The van der Waals surface area contributed by atoms with Gasteiger partial charge in [-0.05, 0) is 30.3 Å². The number of nitriles is 1. The van der Waals surface area contributed by atoms with Gasteiger partial charge in [0.15, 0.2) is 5.16 Å². The molecular weight excluding hydrogens is 346 g/mol. The summed E-state index contributed by atoms with van der Waals surface area (Å²) in [7, 11) is 1.54. The first kappa shape index (κ1) is 16.4. The third-order valence-corrected chi connectivity index (χ3v) is 4.43. The van der Waals surface area contributed by atoms with Crippen LogP contribution >= 0.6 is 23.4 Å². The smallest absolute Gasteiger partial charge is 0.266 e. The lowest BCUT2D eigenvalue weighted by Gasteiger charge is -2.15. The third-order valence-electron chi connectivity index (χ3n) is 3.39. The molecule has 1 heterocycles. The van der Waals surface area contributed by atoms with E-state index >= 15 is 0 Å². The van der Waals surface area contributed by atoms with Gasteiger partial charge in [0.2, 0.25) is 0 Å². The number of nitrogens with zero attached hydrogens (tertiary/aromatic N) is 3. The minimum atomic E-state index is -0.235. The highest BCUT2D eigenvalue weighted by Crippen LogP contribution is 2.27. The third kappa shape index (κ3) is 2.96. The molecule has 0 radical (unpaired) electrons. The molecule has 0 unspecified atom stereocenters. The van der Waals surface area contributed by atoms with Crippen LogP contribution in [0.1, 0.15) is 0 Å². The van der Waals surface area contributed by atoms with Crippen molar-refractivity contribution in [1.82, 2.24) is 9.55 Å². The first-order chi connectivity index (χ1) is 11.7. The van der Waals surface area contributed by atoms with E-state index in [1.54, 1.807) is 37.4 Å². The summed E-state index contributed by atoms with van der Waals surface area (Å²) in [6.45, 7) is 0. The van der Waals surface area contributed by atoms with E-state index in [9.17, 15) is 4.79 Å². The van der Waals surface area contributed by atoms with Crippen LogP contribution in [0.15, 0.2) is 52.4 Å². The number of aromatic nitrogens is 2. The average Bonchev–Trinajstić information content (AvgIpc) is 2.59. The van der Waals surface area contributed by atoms with Crippen molar-refractivity contribution in [3.8, 4) is 17.5 Å². The van der Waals surface area contributed by atoms with Crippen LogP contribution in [0.2, 0.25) is 5.02 Å². The van der Waals surface area contributed by atoms with Crippen molar-refractivity contribution in [2.75, 3.05) is 12.9 Å². The molecule has 0 spiro atoms. The van der Waals surface area contributed by atoms with Crippen LogP contribution in [-0.2, 0) is 0 Å². The first-order valence-corrected chi connectivity index (χ1v) is 8.37. The Morgan fingerprint density at radius 3 is 2.88 bits per heavy atom. The van der Waals surface area contributed by atoms with Crippen LogP contribution in [-0.4, -0.2) is 22.4 Å². The molecular formula is C17H12ClN3O2S. The van der Waals surface area contributed by atoms with Gasteiger partial charge < -0.3 is 4.74 Å². The summed E-state index contributed by atoms with van der Waals surface area (Å²) in [5.74, 6) is 0.724. The van der Waals surface area contributed by atoms with E-state index < -0.39 is 0 Å². The fraction of sp³-hybridized carbons (Fsp3) is 0.118. The van der Waals surface area contributed by atoms with Crippen LogP contribution in [0.4, 0.5) is 0 Å². The molecule has 2 aromatic carbocycles. The minimum absolute atomic E-state index is 0.174. The van der Waals surface area contributed by atoms with Crippen molar-refractivity contribution in [2.45, 2.75) is 5.16 Å². The molecule has 1 aromatic heterocycles. The second-order valence-corrected chi connectivity index (χ2v) is 6.19. The van der Waals surface area contributed by atoms with E-state index in [2.05, 4.69) is 11.1 Å². The molecule has 0 atom stereocenters. The summed E-state index contributed by atoms with van der Waals surface area (Å²) in [6, 6.07) is 14.2. The summed E-state index contributed by atoms with van der Waals surface area (Å²) in [5.41, 5.74) is 0.843. The molecule has 0 saturated heterocycles. The lowest BCUT2D eigenvalue weighted by molar-refractivity contribution is 0.411. The summed E-state index contributed by atoms with van der Waals surface area (Å²) in [4.78, 5) is 17.5. The number of hydrogen-bond donors (Lipinski definition) is 0. The molecule has 0 fully saturated rings. The number of benzene rings is 2. The van der Waals surface area contributed by atoms with E-state index in [1.165, 1.54) is 16.3 Å². The molecule has 0 saturated carbocycles. The zero-order valence-electron chi connectivity index (χ0n) is 12.7. The highest BCUT2D eigenvalue weighted by Gasteiger charge is 2.16. The van der Waals surface area contributed by atoms with E-state index in [4.69, 9.17) is 21.6 Å². The number of rotatable bonds is 4. The SMILES string of the molecule is COc1ccccc1-n1c(SCC#N)nc2cc(Cl)ccc2c1=O. The molecule has 5 nitrogen and oxygen atoms in total. The average molecular weight is 358 g/mol. The predicted octanol–water partition coefficient (Wildman–Crippen LogP) is 3.66. The zero-order chi connectivity index (χ0) is 17.1. The number of para-hydroxylation sites is 2. The van der Waals surface area contributed by atoms with Crippen LogP contribution in [0.25, 0.3) is 16.6 Å². The van der Waals surface area contributed by atoms with Crippen molar-refractivity contribution in [3.63, 3.8) is 0 Å². The van der Waals surface area contributed by atoms with Crippen LogP contribution in [0, 0.1) is 11.3 Å². The Balaban J connectivity index is 2.36. The summed E-state index contributed by atoms with van der Waals surface area (Å²) < 4.78 is 6.83. The van der Waals surface area contributed by atoms with E-state index in [1.807, 2.05) is 12.1 Å². The Morgan fingerprint density at radius 2 is 2.12 bits per heavy atom. The van der Waals surface area contributed by atoms with Gasteiger partial charge in [0.05, 0.1) is 35.5 Å². The van der Waals surface area contributed by atoms with E-state index in [-0.39, 0.29) is 11.3 Å². The van der Waals surface area contributed by atoms with Gasteiger partial charge >= 0.3 is 0 Å². The normalized spacial score (nSPS) is 10.5. The highest BCUT2D eigenvalue weighted by molar-refractivity contribution is 7.99. The molecule has 3 aromatic rings. The van der Waals surface area contributed by atoms with Crippen LogP contribution in [0.3, 0.4) is 0 Å². The van der Waals surface area contributed by atoms with Crippen LogP contribution < -0.4 is 10.3 Å². The quantitative estimate of drug-likeness (QED) is 0.526. The van der Waals surface area contributed by atoms with Crippen LogP contribution in [0.5, 0.6) is 5.75 Å². The zero-order valence-corrected chi connectivity index (χ0v) is 14.3. The predicted molar refractivity (Wildman–Crippen MR) is 95.2 cm³/mol. The lowest BCUT2D eigenvalue weighted by Crippen LogP contribution is -2.22. The maximum absolute atomic E-state index is 13.0. The standard InChI is InChI=1S/C17H12ClN3O2S/c1-23-15-5-3-2-4-14(15)21-16(22)12-7-6-11(18)10-13(12)20-17(21)24-9-8-19/h2-7,10H,9H2,1H3. The number of hydrogen-bond acceptors (Lipinski definition) is 5. The maximum Gasteiger partial charge on any atom is 0.266 e. The molecule has 0 aliphatic heterocycles. The number of halogens is 1. The summed E-state index contributed by atoms with van der Waals surface area (Å²) >= 11 is 7.19. The number of thioether (sulfide) groups is 1. The summed E-state index contributed by atoms with van der Waals surface area (Å²) in [5, 5.41) is 10.3. The van der Waals surface area contributed by atoms with Gasteiger partial charge in [0.25, 0.3) is 5.56 Å². The Bertz CT molecular complexity index is 1010. The Kier molecular flexibility index (Phi) is 4.74. The van der Waals surface area contributed by atoms with E-state index in [0.717, 1.165) is 0 Å². The number of methoxy groups -OCH3 is 1. The first-order valence-electron chi connectivity index (χ1n) is 7.01. The minimum Gasteiger partial charge on any atom is -0.495 e. The van der Waals surface area contributed by atoms with Gasteiger partial charge in [-0.2, -0.15) is 5.26 Å². The molecule has 0 N–H and O–H groups in total. The van der Waals surface area contributed by atoms with Crippen molar-refractivity contribution >= 4 is 34.3 Å². The van der Waals surface area contributed by atoms with E-state index in [0.29, 0.717) is 32.5 Å². The molecule has 0 aliphatic carbocycles. The van der Waals surface area contributed by atoms with Gasteiger partial charge in [-0.25, -0.2) is 4.98 Å². The van der Waals surface area contributed by atoms with Gasteiger partial charge in [-0.15, -0.1) is 0 Å². The maximum atomic E-state index is 13.0. The Morgan fingerprint density at radius 1 is 1.33 bits per heavy atom. The molecule has 24 heavy (non-hydrogen) atoms. The fourth-order valence-electron chi connectivity index (χ4n) is 2.36. The number of ether oxygens (including phenoxy) is 1. The second-order valence-electron chi connectivity index (χ2n) is 4.82. The highest BCUT2D eigenvalue weighted by atomic mass is 35.5. The van der Waals surface area contributed by atoms with Crippen molar-refractivity contribution in [3.05, 3.63) is 57.8 Å². The van der Waals surface area contributed by atoms with Crippen molar-refractivity contribution < 1.29 is 4.74 Å². The molecule has 0 aliphatic rings. The van der Waals surface area contributed by atoms with Gasteiger partial charge in [0.1, 0.15) is 5.75 Å².